The number of anilines is 1. The molecule has 0 spiro atoms. The van der Waals surface area contributed by atoms with Gasteiger partial charge in [-0.15, -0.1) is 0 Å². The summed E-state index contributed by atoms with van der Waals surface area (Å²) in [6.45, 7) is 0. The number of rotatable bonds is 4. The van der Waals surface area contributed by atoms with Crippen LogP contribution in [0, 0.1) is 22.7 Å². The standard InChI is InChI=1S/C19H13N5OS/c1-25-13-7-5-12(6-8-13)17-14(10-20)18(22)24-19(15(17)11-21)26-16-4-2-3-9-23-16/h2-9H,1H3,(H2,22,24). The molecule has 0 bridgehead atoms. The zero-order chi connectivity index (χ0) is 18.5. The molecule has 0 unspecified atom stereocenters. The molecule has 0 saturated heterocycles. The summed E-state index contributed by atoms with van der Waals surface area (Å²) < 4.78 is 5.17. The number of ether oxygens (including phenoxy) is 1. The smallest absolute Gasteiger partial charge is 0.143 e. The van der Waals surface area contributed by atoms with Gasteiger partial charge in [0, 0.05) is 11.8 Å². The van der Waals surface area contributed by atoms with Crippen LogP contribution in [-0.4, -0.2) is 17.1 Å². The van der Waals surface area contributed by atoms with Gasteiger partial charge >= 0.3 is 0 Å². The van der Waals surface area contributed by atoms with Crippen molar-refractivity contribution >= 4 is 17.6 Å². The predicted molar refractivity (Wildman–Crippen MR) is 98.4 cm³/mol. The van der Waals surface area contributed by atoms with Gasteiger partial charge in [-0.25, -0.2) is 9.97 Å². The molecule has 0 amide bonds. The fourth-order valence-corrected chi connectivity index (χ4v) is 3.28. The minimum absolute atomic E-state index is 0.0794. The van der Waals surface area contributed by atoms with Gasteiger partial charge in [-0.3, -0.25) is 0 Å². The van der Waals surface area contributed by atoms with Gasteiger partial charge in [-0.2, -0.15) is 10.5 Å². The van der Waals surface area contributed by atoms with Crippen LogP contribution in [0.4, 0.5) is 5.82 Å². The van der Waals surface area contributed by atoms with Gasteiger partial charge in [-0.05, 0) is 41.6 Å². The summed E-state index contributed by atoms with van der Waals surface area (Å²) >= 11 is 1.23. The Labute approximate surface area is 154 Å². The zero-order valence-corrected chi connectivity index (χ0v) is 14.6. The van der Waals surface area contributed by atoms with Crippen LogP contribution in [0.5, 0.6) is 5.75 Å². The summed E-state index contributed by atoms with van der Waals surface area (Å²) in [5.74, 6) is 0.756. The van der Waals surface area contributed by atoms with Gasteiger partial charge in [0.15, 0.2) is 0 Å². The Morgan fingerprint density at radius 1 is 1.04 bits per heavy atom. The molecule has 6 nitrogen and oxygen atoms in total. The molecule has 2 aromatic heterocycles. The Morgan fingerprint density at radius 2 is 1.77 bits per heavy atom. The fourth-order valence-electron chi connectivity index (χ4n) is 2.42. The molecule has 2 N–H and O–H groups in total. The van der Waals surface area contributed by atoms with Gasteiger partial charge in [0.25, 0.3) is 0 Å². The molecule has 26 heavy (non-hydrogen) atoms. The van der Waals surface area contributed by atoms with Crippen LogP contribution in [0.3, 0.4) is 0 Å². The van der Waals surface area contributed by atoms with E-state index in [-0.39, 0.29) is 16.9 Å². The highest BCUT2D eigenvalue weighted by molar-refractivity contribution is 7.99. The van der Waals surface area contributed by atoms with Gasteiger partial charge < -0.3 is 10.5 Å². The molecule has 0 atom stereocenters. The Kier molecular flexibility index (Phi) is 5.02. The van der Waals surface area contributed by atoms with Crippen molar-refractivity contribution in [3.63, 3.8) is 0 Å². The largest absolute Gasteiger partial charge is 0.497 e. The normalized spacial score (nSPS) is 9.96. The summed E-state index contributed by atoms with van der Waals surface area (Å²) in [6, 6.07) is 16.8. The van der Waals surface area contributed by atoms with E-state index in [1.165, 1.54) is 11.8 Å². The van der Waals surface area contributed by atoms with E-state index in [0.717, 1.165) is 0 Å². The van der Waals surface area contributed by atoms with Crippen molar-refractivity contribution in [2.45, 2.75) is 10.1 Å². The average Bonchev–Trinajstić information content (AvgIpc) is 2.68. The highest BCUT2D eigenvalue weighted by Crippen LogP contribution is 2.37. The number of benzene rings is 1. The van der Waals surface area contributed by atoms with Crippen molar-refractivity contribution in [3.05, 3.63) is 59.8 Å². The van der Waals surface area contributed by atoms with Crippen molar-refractivity contribution in [1.82, 2.24) is 9.97 Å². The van der Waals surface area contributed by atoms with Crippen LogP contribution < -0.4 is 10.5 Å². The van der Waals surface area contributed by atoms with E-state index < -0.39 is 0 Å². The molecule has 0 radical (unpaired) electrons. The fraction of sp³-hybridized carbons (Fsp3) is 0.0526. The molecule has 0 aliphatic rings. The van der Waals surface area contributed by atoms with Gasteiger partial charge in [-0.1, -0.05) is 18.2 Å². The van der Waals surface area contributed by atoms with Crippen LogP contribution in [0.25, 0.3) is 11.1 Å². The second-order valence-corrected chi connectivity index (χ2v) is 6.16. The van der Waals surface area contributed by atoms with E-state index in [2.05, 4.69) is 22.1 Å². The molecule has 3 rings (SSSR count). The minimum Gasteiger partial charge on any atom is -0.497 e. The van der Waals surface area contributed by atoms with Crippen LogP contribution >= 0.6 is 11.8 Å². The lowest BCUT2D eigenvalue weighted by molar-refractivity contribution is 0.415. The van der Waals surface area contributed by atoms with Crippen molar-refractivity contribution in [2.24, 2.45) is 0 Å². The first-order valence-corrected chi connectivity index (χ1v) is 8.36. The van der Waals surface area contributed by atoms with Crippen molar-refractivity contribution in [2.75, 3.05) is 12.8 Å². The highest BCUT2D eigenvalue weighted by Gasteiger charge is 2.21. The Bertz CT molecular complexity index is 1020. The molecular formula is C19H13N5OS. The topological polar surface area (TPSA) is 109 Å². The Morgan fingerprint density at radius 3 is 2.35 bits per heavy atom. The Balaban J connectivity index is 2.21. The first-order chi connectivity index (χ1) is 12.7. The zero-order valence-electron chi connectivity index (χ0n) is 13.8. The van der Waals surface area contributed by atoms with Gasteiger partial charge in [0.05, 0.1) is 12.7 Å². The predicted octanol–water partition coefficient (Wildman–Crippen LogP) is 3.63. The van der Waals surface area contributed by atoms with E-state index in [4.69, 9.17) is 10.5 Å². The third-order valence-corrected chi connectivity index (χ3v) is 4.57. The summed E-state index contributed by atoms with van der Waals surface area (Å²) in [4.78, 5) is 8.50. The van der Waals surface area contributed by atoms with Crippen molar-refractivity contribution in [1.29, 1.82) is 10.5 Å². The molecule has 0 aliphatic heterocycles. The van der Waals surface area contributed by atoms with Crippen molar-refractivity contribution < 1.29 is 4.74 Å². The monoisotopic (exact) mass is 359 g/mol. The maximum absolute atomic E-state index is 9.75. The third-order valence-electron chi connectivity index (χ3n) is 3.63. The number of nitrogens with zero attached hydrogens (tertiary/aromatic N) is 4. The second kappa shape index (κ2) is 7.56. The van der Waals surface area contributed by atoms with E-state index in [1.807, 2.05) is 12.1 Å². The number of methoxy groups -OCH3 is 1. The molecular weight excluding hydrogens is 346 g/mol. The molecule has 0 saturated carbocycles. The number of nitrogen functional groups attached to an aromatic ring is 1. The van der Waals surface area contributed by atoms with E-state index in [9.17, 15) is 10.5 Å². The average molecular weight is 359 g/mol. The summed E-state index contributed by atoms with van der Waals surface area (Å²) in [7, 11) is 1.57. The highest BCUT2D eigenvalue weighted by atomic mass is 32.2. The first-order valence-electron chi connectivity index (χ1n) is 7.55. The van der Waals surface area contributed by atoms with E-state index >= 15 is 0 Å². The SMILES string of the molecule is COc1ccc(-c2c(C#N)c(N)nc(Sc3ccccn3)c2C#N)cc1. The third kappa shape index (κ3) is 3.30. The minimum atomic E-state index is 0.0794. The molecule has 1 aromatic carbocycles. The van der Waals surface area contributed by atoms with Crippen molar-refractivity contribution in [3.8, 4) is 29.0 Å². The second-order valence-electron chi connectivity index (χ2n) is 5.15. The molecule has 3 aromatic rings. The summed E-state index contributed by atoms with van der Waals surface area (Å²) in [5, 5.41) is 20.4. The Hall–Kier alpha value is -3.55. The van der Waals surface area contributed by atoms with Crippen LogP contribution in [0.15, 0.2) is 58.7 Å². The van der Waals surface area contributed by atoms with Gasteiger partial charge in [0.2, 0.25) is 0 Å². The first kappa shape index (κ1) is 17.3. The summed E-state index contributed by atoms with van der Waals surface area (Å²) in [5.41, 5.74) is 7.62. The van der Waals surface area contributed by atoms with Crippen LogP contribution in [0.2, 0.25) is 0 Å². The number of pyridine rings is 2. The molecule has 7 heteroatoms. The molecule has 126 valence electrons. The molecule has 0 fully saturated rings. The van der Waals surface area contributed by atoms with E-state index in [0.29, 0.717) is 26.9 Å². The quantitative estimate of drug-likeness (QED) is 0.757. The summed E-state index contributed by atoms with van der Waals surface area (Å²) in [6.07, 6.45) is 1.66. The lowest BCUT2D eigenvalue weighted by Crippen LogP contribution is -2.03. The van der Waals surface area contributed by atoms with E-state index in [1.54, 1.807) is 43.6 Å². The van der Waals surface area contributed by atoms with Crippen LogP contribution in [0.1, 0.15) is 11.1 Å². The van der Waals surface area contributed by atoms with Gasteiger partial charge in [0.1, 0.15) is 39.3 Å². The maximum Gasteiger partial charge on any atom is 0.143 e. The number of nitrogens with two attached hydrogens (primary N) is 1. The maximum atomic E-state index is 9.75. The molecule has 2 heterocycles. The van der Waals surface area contributed by atoms with Crippen LogP contribution in [-0.2, 0) is 0 Å². The lowest BCUT2D eigenvalue weighted by atomic mass is 9.97. The number of nitriles is 2. The number of aromatic nitrogens is 2. The molecule has 0 aliphatic carbocycles. The number of hydrogen-bond donors (Lipinski definition) is 1. The number of hydrogen-bond acceptors (Lipinski definition) is 7. The lowest BCUT2D eigenvalue weighted by Gasteiger charge is -2.13.